The number of nitrogens with zero attached hydrogens (tertiary/aromatic N) is 1. The fraction of sp³-hybridized carbons (Fsp3) is 0.938. The number of unbranched alkanes of at least 4 members (excludes halogenated alkanes) is 6. The van der Waals surface area contributed by atoms with Gasteiger partial charge >= 0.3 is 5.97 Å². The minimum absolute atomic E-state index is 0.291. The third-order valence-corrected chi connectivity index (χ3v) is 4.25. The summed E-state index contributed by atoms with van der Waals surface area (Å²) in [6.07, 6.45) is 8.81. The van der Waals surface area contributed by atoms with Crippen molar-refractivity contribution in [1.82, 2.24) is 0 Å². The Hall–Kier alpha value is -0.180. The van der Waals surface area contributed by atoms with Crippen LogP contribution in [0.4, 0.5) is 0 Å². The van der Waals surface area contributed by atoms with Crippen LogP contribution in [0.1, 0.15) is 58.8 Å². The molecular formula is C16H35NO3P+. The van der Waals surface area contributed by atoms with Gasteiger partial charge in [-0.25, -0.2) is 4.79 Å². The summed E-state index contributed by atoms with van der Waals surface area (Å²) in [5.74, 6) is -0.291. The molecular weight excluding hydrogens is 285 g/mol. The van der Waals surface area contributed by atoms with Gasteiger partial charge in [-0.2, -0.15) is 0 Å². The van der Waals surface area contributed by atoms with Gasteiger partial charge in [0.25, 0.3) is 0 Å². The van der Waals surface area contributed by atoms with Crippen molar-refractivity contribution >= 4 is 15.4 Å². The Balaban J connectivity index is 3.62. The van der Waals surface area contributed by atoms with Gasteiger partial charge in [0.05, 0.1) is 20.6 Å². The molecule has 4 nitrogen and oxygen atoms in total. The Bertz CT molecular complexity index is 272. The first-order valence-corrected chi connectivity index (χ1v) is 8.74. The van der Waals surface area contributed by atoms with E-state index in [1.54, 1.807) is 6.92 Å². The van der Waals surface area contributed by atoms with Crippen LogP contribution in [0.2, 0.25) is 0 Å². The minimum atomic E-state index is -0.506. The van der Waals surface area contributed by atoms with E-state index in [0.717, 1.165) is 17.6 Å². The highest BCUT2D eigenvalue weighted by Crippen LogP contribution is 2.09. The molecule has 0 aliphatic heterocycles. The molecule has 0 aromatic carbocycles. The maximum absolute atomic E-state index is 11.5. The van der Waals surface area contributed by atoms with Crippen molar-refractivity contribution in [3.8, 4) is 0 Å². The third-order valence-electron chi connectivity index (χ3n) is 3.84. The van der Waals surface area contributed by atoms with Crippen molar-refractivity contribution in [2.24, 2.45) is 0 Å². The van der Waals surface area contributed by atoms with Crippen LogP contribution in [-0.4, -0.2) is 50.3 Å². The topological polar surface area (TPSA) is 35.5 Å². The minimum Gasteiger partial charge on any atom is -0.458 e. The van der Waals surface area contributed by atoms with Crippen LogP contribution in [0.3, 0.4) is 0 Å². The van der Waals surface area contributed by atoms with Crippen molar-refractivity contribution in [3.05, 3.63) is 0 Å². The number of quaternary nitrogens is 1. The molecule has 2 unspecified atom stereocenters. The molecule has 0 rings (SSSR count). The number of carbonyl (C=O) groups is 1. The monoisotopic (exact) mass is 320 g/mol. The van der Waals surface area contributed by atoms with Crippen LogP contribution in [0.15, 0.2) is 0 Å². The molecule has 0 amide bonds. The third kappa shape index (κ3) is 12.1. The van der Waals surface area contributed by atoms with E-state index in [1.165, 1.54) is 44.9 Å². The molecule has 0 radical (unpaired) electrons. The zero-order valence-electron chi connectivity index (χ0n) is 14.4. The normalized spacial score (nSPS) is 13.2. The highest BCUT2D eigenvalue weighted by atomic mass is 31.0. The molecule has 0 spiro atoms. The van der Waals surface area contributed by atoms with Gasteiger partial charge in [-0.05, 0) is 19.8 Å². The number of ether oxygens (including phenoxy) is 1. The lowest BCUT2D eigenvalue weighted by Gasteiger charge is -2.29. The predicted octanol–water partition coefficient (Wildman–Crippen LogP) is 3.55. The summed E-state index contributed by atoms with van der Waals surface area (Å²) in [5.41, 5.74) is 0. The average Bonchev–Trinajstić information content (AvgIpc) is 2.45. The highest BCUT2D eigenvalue weighted by Gasteiger charge is 2.18. The Morgan fingerprint density at radius 1 is 1.05 bits per heavy atom. The molecule has 0 bridgehead atoms. The molecule has 0 fully saturated rings. The van der Waals surface area contributed by atoms with Crippen LogP contribution in [0.5, 0.6) is 0 Å². The lowest BCUT2D eigenvalue weighted by molar-refractivity contribution is -0.890. The SMILES string of the molecule is CCCCCCCCC[N+](C)(C)CCOC(=O)C(C)OP. The maximum Gasteiger partial charge on any atom is 0.335 e. The molecule has 0 N–H and O–H groups in total. The van der Waals surface area contributed by atoms with Crippen LogP contribution in [0, 0.1) is 0 Å². The molecule has 5 heteroatoms. The van der Waals surface area contributed by atoms with Crippen LogP contribution in [0.25, 0.3) is 0 Å². The van der Waals surface area contributed by atoms with Crippen molar-refractivity contribution in [2.75, 3.05) is 33.8 Å². The van der Waals surface area contributed by atoms with Crippen molar-refractivity contribution < 1.29 is 18.5 Å². The van der Waals surface area contributed by atoms with Crippen molar-refractivity contribution in [3.63, 3.8) is 0 Å². The average molecular weight is 320 g/mol. The number of carbonyl (C=O) groups excluding carboxylic acids is 1. The van der Waals surface area contributed by atoms with E-state index in [9.17, 15) is 4.79 Å². The second-order valence-corrected chi connectivity index (χ2v) is 6.72. The van der Waals surface area contributed by atoms with E-state index in [2.05, 4.69) is 30.5 Å². The lowest BCUT2D eigenvalue weighted by Crippen LogP contribution is -2.43. The molecule has 2 atom stereocenters. The Kier molecular flexibility index (Phi) is 12.3. The summed E-state index contributed by atoms with van der Waals surface area (Å²) in [4.78, 5) is 11.5. The van der Waals surface area contributed by atoms with Gasteiger partial charge in [-0.15, -0.1) is 0 Å². The number of esters is 1. The fourth-order valence-electron chi connectivity index (χ4n) is 2.18. The Labute approximate surface area is 133 Å². The first-order valence-electron chi connectivity index (χ1n) is 8.27. The second kappa shape index (κ2) is 12.4. The van der Waals surface area contributed by atoms with Gasteiger partial charge in [-0.1, -0.05) is 39.0 Å². The van der Waals surface area contributed by atoms with Crippen LogP contribution < -0.4 is 0 Å². The van der Waals surface area contributed by atoms with Gasteiger partial charge < -0.3 is 13.7 Å². The first kappa shape index (κ1) is 20.8. The zero-order chi connectivity index (χ0) is 16.1. The molecule has 0 aromatic heterocycles. The molecule has 0 aromatic rings. The summed E-state index contributed by atoms with van der Waals surface area (Å²) < 4.78 is 11.0. The number of rotatable bonds is 13. The van der Waals surface area contributed by atoms with E-state index in [0.29, 0.717) is 6.61 Å². The van der Waals surface area contributed by atoms with E-state index >= 15 is 0 Å². The molecule has 0 aliphatic carbocycles. The van der Waals surface area contributed by atoms with E-state index in [-0.39, 0.29) is 5.97 Å². The number of hydrogen-bond donors (Lipinski definition) is 0. The second-order valence-electron chi connectivity index (χ2n) is 6.45. The van der Waals surface area contributed by atoms with Gasteiger partial charge in [0.15, 0.2) is 6.10 Å². The molecule has 0 heterocycles. The zero-order valence-corrected chi connectivity index (χ0v) is 15.6. The van der Waals surface area contributed by atoms with Crippen LogP contribution in [-0.2, 0) is 14.1 Å². The standard InChI is InChI=1S/C16H35NO3P/c1-5-6-7-8-9-10-11-12-17(3,4)13-14-19-16(18)15(2)20-21/h15H,5-14,21H2,1-4H3/q+1. The summed E-state index contributed by atoms with van der Waals surface area (Å²) in [7, 11) is 6.48. The quantitative estimate of drug-likeness (QED) is 0.225. The molecule has 0 aliphatic rings. The smallest absolute Gasteiger partial charge is 0.335 e. The Morgan fingerprint density at radius 2 is 1.62 bits per heavy atom. The van der Waals surface area contributed by atoms with E-state index in [1.807, 2.05) is 0 Å². The van der Waals surface area contributed by atoms with Gasteiger partial charge in [0.2, 0.25) is 0 Å². The van der Waals surface area contributed by atoms with E-state index in [4.69, 9.17) is 9.26 Å². The Morgan fingerprint density at radius 3 is 2.19 bits per heavy atom. The largest absolute Gasteiger partial charge is 0.458 e. The van der Waals surface area contributed by atoms with Gasteiger partial charge in [0.1, 0.15) is 13.2 Å². The molecule has 21 heavy (non-hydrogen) atoms. The summed E-state index contributed by atoms with van der Waals surface area (Å²) in [6, 6.07) is 0. The summed E-state index contributed by atoms with van der Waals surface area (Å²) in [6.45, 7) is 6.39. The van der Waals surface area contributed by atoms with Gasteiger partial charge in [-0.3, -0.25) is 0 Å². The number of likely N-dealkylation sites (N-methyl/N-ethyl adjacent to an activating group) is 1. The maximum atomic E-state index is 11.5. The molecule has 0 saturated carbocycles. The summed E-state index contributed by atoms with van der Waals surface area (Å²) >= 11 is 0. The summed E-state index contributed by atoms with van der Waals surface area (Å²) in [5, 5.41) is 0. The molecule has 126 valence electrons. The lowest BCUT2D eigenvalue weighted by atomic mass is 10.1. The molecule has 0 saturated heterocycles. The van der Waals surface area contributed by atoms with Crippen molar-refractivity contribution in [2.45, 2.75) is 64.9 Å². The van der Waals surface area contributed by atoms with Gasteiger partial charge in [0, 0.05) is 9.47 Å². The highest BCUT2D eigenvalue weighted by molar-refractivity contribution is 7.09. The number of hydrogen-bond acceptors (Lipinski definition) is 3. The van der Waals surface area contributed by atoms with E-state index < -0.39 is 6.10 Å². The first-order chi connectivity index (χ1) is 9.93. The van der Waals surface area contributed by atoms with Crippen molar-refractivity contribution in [1.29, 1.82) is 0 Å². The fourth-order valence-corrected chi connectivity index (χ4v) is 2.29. The predicted molar refractivity (Wildman–Crippen MR) is 91.1 cm³/mol. The van der Waals surface area contributed by atoms with Crippen LogP contribution >= 0.6 is 9.47 Å².